The van der Waals surface area contributed by atoms with Crippen LogP contribution >= 0.6 is 11.8 Å². The van der Waals surface area contributed by atoms with Crippen LogP contribution in [0.4, 0.5) is 0 Å². The van der Waals surface area contributed by atoms with E-state index in [0.29, 0.717) is 5.56 Å². The number of imidazole rings is 1. The highest BCUT2D eigenvalue weighted by Gasteiger charge is 2.12. The minimum atomic E-state index is -0.323. The number of nitrogens with zero attached hydrogens (tertiary/aromatic N) is 2. The summed E-state index contributed by atoms with van der Waals surface area (Å²) in [5.41, 5.74) is 2.47. The number of ether oxygens (including phenoxy) is 1. The Morgan fingerprint density at radius 2 is 2.26 bits per heavy atom. The fourth-order valence-corrected chi connectivity index (χ4v) is 2.64. The van der Waals surface area contributed by atoms with Crippen LogP contribution in [0.25, 0.3) is 11.0 Å². The Morgan fingerprint density at radius 3 is 2.89 bits per heavy atom. The zero-order chi connectivity index (χ0) is 13.8. The summed E-state index contributed by atoms with van der Waals surface area (Å²) in [7, 11) is 1.39. The number of carbonyl (C=O) groups is 1. The lowest BCUT2D eigenvalue weighted by Gasteiger charge is -2.06. The monoisotopic (exact) mass is 278 g/mol. The summed E-state index contributed by atoms with van der Waals surface area (Å²) in [6.07, 6.45) is 4.29. The maximum absolute atomic E-state index is 11.5. The van der Waals surface area contributed by atoms with E-state index in [2.05, 4.69) is 16.5 Å². The molecule has 4 nitrogen and oxygen atoms in total. The van der Waals surface area contributed by atoms with Crippen LogP contribution in [0.5, 0.6) is 0 Å². The molecular weight excluding hydrogens is 260 g/mol. The molecule has 1 aromatic carbocycles. The maximum atomic E-state index is 11.5. The highest BCUT2D eigenvalue weighted by atomic mass is 32.2. The van der Waals surface area contributed by atoms with E-state index in [1.807, 2.05) is 12.3 Å². The summed E-state index contributed by atoms with van der Waals surface area (Å²) in [4.78, 5) is 16.1. The number of carbonyl (C=O) groups excluding carboxylic acids is 1. The van der Waals surface area contributed by atoms with Crippen LogP contribution in [0.15, 0.2) is 23.4 Å². The third-order valence-corrected chi connectivity index (χ3v) is 3.73. The van der Waals surface area contributed by atoms with E-state index < -0.39 is 0 Å². The summed E-state index contributed by atoms with van der Waals surface area (Å²) in [5.74, 6) is -0.323. The average molecular weight is 278 g/mol. The Balaban J connectivity index is 2.47. The molecular formula is C14H18N2O2S. The lowest BCUT2D eigenvalue weighted by atomic mass is 10.2. The predicted molar refractivity (Wildman–Crippen MR) is 77.8 cm³/mol. The molecule has 0 aliphatic rings. The quantitative estimate of drug-likeness (QED) is 0.621. The van der Waals surface area contributed by atoms with Crippen LogP contribution in [0.2, 0.25) is 0 Å². The third kappa shape index (κ3) is 2.76. The van der Waals surface area contributed by atoms with Crippen molar-refractivity contribution in [1.82, 2.24) is 9.55 Å². The summed E-state index contributed by atoms with van der Waals surface area (Å²) >= 11 is 1.63. The van der Waals surface area contributed by atoms with E-state index in [1.54, 1.807) is 23.9 Å². The second-order valence-electron chi connectivity index (χ2n) is 4.30. The first-order valence-electron chi connectivity index (χ1n) is 6.33. The Labute approximate surface area is 117 Å². The van der Waals surface area contributed by atoms with E-state index in [9.17, 15) is 4.79 Å². The van der Waals surface area contributed by atoms with Crippen molar-refractivity contribution in [2.75, 3.05) is 13.4 Å². The summed E-state index contributed by atoms with van der Waals surface area (Å²) < 4.78 is 6.95. The van der Waals surface area contributed by atoms with Crippen LogP contribution in [0, 0.1) is 0 Å². The Hall–Kier alpha value is -1.49. The van der Waals surface area contributed by atoms with Crippen molar-refractivity contribution >= 4 is 28.8 Å². The fourth-order valence-electron chi connectivity index (χ4n) is 2.04. The lowest BCUT2D eigenvalue weighted by Crippen LogP contribution is -2.01. The second-order valence-corrected chi connectivity index (χ2v) is 5.07. The molecule has 0 N–H and O–H groups in total. The standard InChI is InChI=1S/C14H18N2O2S/c1-4-5-8-16-12-7-6-10(13(17)18-2)9-11(12)15-14(16)19-3/h6-7,9H,4-5,8H2,1-3H3. The number of rotatable bonds is 5. The summed E-state index contributed by atoms with van der Waals surface area (Å²) in [6, 6.07) is 5.54. The van der Waals surface area contributed by atoms with Crippen molar-refractivity contribution in [3.63, 3.8) is 0 Å². The van der Waals surface area contributed by atoms with Gasteiger partial charge in [0.25, 0.3) is 0 Å². The normalized spacial score (nSPS) is 10.9. The molecule has 2 rings (SSSR count). The van der Waals surface area contributed by atoms with Gasteiger partial charge in [0.2, 0.25) is 0 Å². The Bertz CT molecular complexity index is 592. The van der Waals surface area contributed by atoms with Gasteiger partial charge in [0.05, 0.1) is 23.7 Å². The molecule has 0 saturated heterocycles. The molecule has 1 aromatic heterocycles. The molecule has 0 aliphatic carbocycles. The van der Waals surface area contributed by atoms with Gasteiger partial charge in [0.1, 0.15) is 0 Å². The summed E-state index contributed by atoms with van der Waals surface area (Å²) in [5, 5.41) is 0.991. The largest absolute Gasteiger partial charge is 0.465 e. The van der Waals surface area contributed by atoms with Crippen molar-refractivity contribution < 1.29 is 9.53 Å². The molecule has 19 heavy (non-hydrogen) atoms. The van der Waals surface area contributed by atoms with E-state index in [1.165, 1.54) is 7.11 Å². The van der Waals surface area contributed by atoms with Gasteiger partial charge in [-0.25, -0.2) is 9.78 Å². The minimum Gasteiger partial charge on any atom is -0.465 e. The van der Waals surface area contributed by atoms with Gasteiger partial charge >= 0.3 is 5.97 Å². The topological polar surface area (TPSA) is 44.1 Å². The number of esters is 1. The van der Waals surface area contributed by atoms with Crippen LogP contribution in [-0.4, -0.2) is 28.9 Å². The number of hydrogen-bond donors (Lipinski definition) is 0. The van der Waals surface area contributed by atoms with Gasteiger partial charge in [0, 0.05) is 6.54 Å². The average Bonchev–Trinajstić information content (AvgIpc) is 2.80. The zero-order valence-electron chi connectivity index (χ0n) is 11.5. The number of methoxy groups -OCH3 is 1. The van der Waals surface area contributed by atoms with E-state index in [4.69, 9.17) is 4.74 Å². The molecule has 0 fully saturated rings. The van der Waals surface area contributed by atoms with E-state index >= 15 is 0 Å². The molecule has 0 bridgehead atoms. The highest BCUT2D eigenvalue weighted by molar-refractivity contribution is 7.98. The van der Waals surface area contributed by atoms with Gasteiger partial charge < -0.3 is 9.30 Å². The number of thioether (sulfide) groups is 1. The molecule has 0 radical (unpaired) electrons. The molecule has 0 saturated carbocycles. The molecule has 0 aliphatic heterocycles. The first-order valence-corrected chi connectivity index (χ1v) is 7.56. The number of unbranched alkanes of at least 4 members (excludes halogenated alkanes) is 1. The van der Waals surface area contributed by atoms with Crippen molar-refractivity contribution in [1.29, 1.82) is 0 Å². The van der Waals surface area contributed by atoms with Crippen LogP contribution in [-0.2, 0) is 11.3 Å². The van der Waals surface area contributed by atoms with Gasteiger partial charge in [-0.1, -0.05) is 25.1 Å². The molecule has 0 spiro atoms. The zero-order valence-corrected chi connectivity index (χ0v) is 12.3. The van der Waals surface area contributed by atoms with Gasteiger partial charge in [-0.05, 0) is 30.9 Å². The first kappa shape index (κ1) is 13.9. The SMILES string of the molecule is CCCCn1c(SC)nc2cc(C(=O)OC)ccc21. The van der Waals surface area contributed by atoms with Gasteiger partial charge in [-0.15, -0.1) is 0 Å². The second kappa shape index (κ2) is 6.10. The molecule has 1 heterocycles. The Morgan fingerprint density at radius 1 is 1.47 bits per heavy atom. The van der Waals surface area contributed by atoms with Crippen molar-refractivity contribution in [3.8, 4) is 0 Å². The summed E-state index contributed by atoms with van der Waals surface area (Å²) in [6.45, 7) is 3.13. The van der Waals surface area contributed by atoms with Gasteiger partial charge in [-0.2, -0.15) is 0 Å². The third-order valence-electron chi connectivity index (χ3n) is 3.05. The lowest BCUT2D eigenvalue weighted by molar-refractivity contribution is 0.0601. The predicted octanol–water partition coefficient (Wildman–Crippen LogP) is 3.34. The van der Waals surface area contributed by atoms with Gasteiger partial charge in [0.15, 0.2) is 5.16 Å². The maximum Gasteiger partial charge on any atom is 0.337 e. The smallest absolute Gasteiger partial charge is 0.337 e. The van der Waals surface area contributed by atoms with Crippen molar-refractivity contribution in [2.24, 2.45) is 0 Å². The minimum absolute atomic E-state index is 0.323. The molecule has 5 heteroatoms. The number of fused-ring (bicyclic) bond motifs is 1. The highest BCUT2D eigenvalue weighted by Crippen LogP contribution is 2.24. The van der Waals surface area contributed by atoms with E-state index in [0.717, 1.165) is 35.6 Å². The number of aryl methyl sites for hydroxylation is 1. The van der Waals surface area contributed by atoms with E-state index in [-0.39, 0.29) is 5.97 Å². The van der Waals surface area contributed by atoms with Crippen LogP contribution in [0.3, 0.4) is 0 Å². The number of benzene rings is 1. The molecule has 2 aromatic rings. The number of aromatic nitrogens is 2. The van der Waals surface area contributed by atoms with Crippen LogP contribution < -0.4 is 0 Å². The fraction of sp³-hybridized carbons (Fsp3) is 0.429. The molecule has 0 atom stereocenters. The van der Waals surface area contributed by atoms with Crippen molar-refractivity contribution in [2.45, 2.75) is 31.5 Å². The van der Waals surface area contributed by atoms with Crippen LogP contribution in [0.1, 0.15) is 30.1 Å². The van der Waals surface area contributed by atoms with Gasteiger partial charge in [-0.3, -0.25) is 0 Å². The molecule has 102 valence electrons. The molecule has 0 unspecified atom stereocenters. The number of hydrogen-bond acceptors (Lipinski definition) is 4. The van der Waals surface area contributed by atoms with Crippen molar-refractivity contribution in [3.05, 3.63) is 23.8 Å². The molecule has 0 amide bonds. The Kier molecular flexibility index (Phi) is 4.47. The first-order chi connectivity index (χ1) is 9.21.